The SMILES string of the molecule is Cn1nc(C(=O)O)cc1C1CCC(=O)NC1=O. The van der Waals surface area contributed by atoms with Gasteiger partial charge in [-0.05, 0) is 12.5 Å². The van der Waals surface area contributed by atoms with Gasteiger partial charge in [0.2, 0.25) is 11.8 Å². The van der Waals surface area contributed by atoms with Gasteiger partial charge in [-0.25, -0.2) is 4.79 Å². The van der Waals surface area contributed by atoms with Gasteiger partial charge in [-0.2, -0.15) is 5.10 Å². The van der Waals surface area contributed by atoms with Gasteiger partial charge in [0.15, 0.2) is 5.69 Å². The fraction of sp³-hybridized carbons (Fsp3) is 0.400. The molecule has 2 amide bonds. The first-order valence-corrected chi connectivity index (χ1v) is 5.10. The number of aryl methyl sites for hydroxylation is 1. The van der Waals surface area contributed by atoms with Crippen LogP contribution < -0.4 is 5.32 Å². The third-order valence-electron chi connectivity index (χ3n) is 2.73. The summed E-state index contributed by atoms with van der Waals surface area (Å²) in [6, 6.07) is 1.36. The molecule has 0 spiro atoms. The third-order valence-corrected chi connectivity index (χ3v) is 2.73. The summed E-state index contributed by atoms with van der Waals surface area (Å²) in [6.45, 7) is 0. The number of hydrogen-bond donors (Lipinski definition) is 2. The van der Waals surface area contributed by atoms with Crippen molar-refractivity contribution in [3.63, 3.8) is 0 Å². The average molecular weight is 237 g/mol. The summed E-state index contributed by atoms with van der Waals surface area (Å²) in [5.74, 6) is -2.36. The summed E-state index contributed by atoms with van der Waals surface area (Å²) in [5, 5.41) is 14.8. The first-order chi connectivity index (χ1) is 7.99. The molecule has 17 heavy (non-hydrogen) atoms. The summed E-state index contributed by atoms with van der Waals surface area (Å²) < 4.78 is 1.36. The highest BCUT2D eigenvalue weighted by atomic mass is 16.4. The van der Waals surface area contributed by atoms with Gasteiger partial charge in [0.05, 0.1) is 11.6 Å². The van der Waals surface area contributed by atoms with Crippen LogP contribution >= 0.6 is 0 Å². The van der Waals surface area contributed by atoms with Crippen molar-refractivity contribution in [2.75, 3.05) is 0 Å². The number of carboxylic acids is 1. The van der Waals surface area contributed by atoms with Crippen molar-refractivity contribution in [2.24, 2.45) is 7.05 Å². The molecule has 0 bridgehead atoms. The van der Waals surface area contributed by atoms with Gasteiger partial charge < -0.3 is 5.11 Å². The molecule has 1 aliphatic rings. The van der Waals surface area contributed by atoms with Gasteiger partial charge in [-0.1, -0.05) is 0 Å². The number of aromatic carboxylic acids is 1. The van der Waals surface area contributed by atoms with E-state index in [-0.39, 0.29) is 18.0 Å². The number of hydrogen-bond acceptors (Lipinski definition) is 4. The van der Waals surface area contributed by atoms with Crippen LogP contribution in [0.1, 0.15) is 34.9 Å². The summed E-state index contributed by atoms with van der Waals surface area (Å²) in [6.07, 6.45) is 0.632. The van der Waals surface area contributed by atoms with Crippen LogP contribution in [0, 0.1) is 0 Å². The molecule has 0 radical (unpaired) electrons. The maximum atomic E-state index is 11.6. The lowest BCUT2D eigenvalue weighted by Gasteiger charge is -2.20. The zero-order chi connectivity index (χ0) is 12.6. The van der Waals surface area contributed by atoms with Crippen LogP contribution in [0.4, 0.5) is 0 Å². The summed E-state index contributed by atoms with van der Waals surface area (Å²) in [7, 11) is 1.57. The second-order valence-corrected chi connectivity index (χ2v) is 3.89. The van der Waals surface area contributed by atoms with Gasteiger partial charge in [0.1, 0.15) is 0 Å². The summed E-state index contributed by atoms with van der Waals surface area (Å²) in [4.78, 5) is 33.4. The van der Waals surface area contributed by atoms with Crippen LogP contribution in [-0.2, 0) is 16.6 Å². The molecule has 1 fully saturated rings. The molecule has 1 aliphatic heterocycles. The largest absolute Gasteiger partial charge is 0.476 e. The van der Waals surface area contributed by atoms with Crippen LogP contribution in [0.2, 0.25) is 0 Å². The molecule has 1 unspecified atom stereocenters. The first kappa shape index (κ1) is 11.3. The van der Waals surface area contributed by atoms with E-state index in [1.165, 1.54) is 10.7 Å². The van der Waals surface area contributed by atoms with Crippen molar-refractivity contribution < 1.29 is 19.5 Å². The van der Waals surface area contributed by atoms with E-state index in [0.717, 1.165) is 0 Å². The van der Waals surface area contributed by atoms with Gasteiger partial charge in [0.25, 0.3) is 0 Å². The molecule has 0 aromatic carbocycles. The second kappa shape index (κ2) is 4.00. The molecular formula is C10H11N3O4. The number of rotatable bonds is 2. The highest BCUT2D eigenvalue weighted by Gasteiger charge is 2.31. The Morgan fingerprint density at radius 3 is 2.82 bits per heavy atom. The number of piperidine rings is 1. The zero-order valence-electron chi connectivity index (χ0n) is 9.14. The van der Waals surface area contributed by atoms with Crippen LogP contribution in [0.25, 0.3) is 0 Å². The summed E-state index contributed by atoms with van der Waals surface area (Å²) in [5.41, 5.74) is 0.402. The Balaban J connectivity index is 2.31. The molecule has 1 saturated heterocycles. The Bertz CT molecular complexity index is 506. The third kappa shape index (κ3) is 2.03. The Morgan fingerprint density at radius 2 is 2.29 bits per heavy atom. The fourth-order valence-corrected chi connectivity index (χ4v) is 1.89. The van der Waals surface area contributed by atoms with E-state index in [1.54, 1.807) is 7.05 Å². The smallest absolute Gasteiger partial charge is 0.356 e. The van der Waals surface area contributed by atoms with Crippen molar-refractivity contribution in [1.82, 2.24) is 15.1 Å². The first-order valence-electron chi connectivity index (χ1n) is 5.10. The Labute approximate surface area is 96.4 Å². The summed E-state index contributed by atoms with van der Waals surface area (Å²) >= 11 is 0. The molecule has 7 heteroatoms. The zero-order valence-corrected chi connectivity index (χ0v) is 9.14. The number of carbonyl (C=O) groups is 3. The van der Waals surface area contributed by atoms with Gasteiger partial charge in [0, 0.05) is 13.5 Å². The van der Waals surface area contributed by atoms with E-state index in [0.29, 0.717) is 12.1 Å². The minimum Gasteiger partial charge on any atom is -0.476 e. The lowest BCUT2D eigenvalue weighted by molar-refractivity contribution is -0.134. The topological polar surface area (TPSA) is 101 Å². The molecule has 2 rings (SSSR count). The molecule has 2 heterocycles. The minimum absolute atomic E-state index is 0.104. The standard InChI is InChI=1S/C10H11N3O4/c1-13-7(4-6(12-13)10(16)17)5-2-3-8(14)11-9(5)15/h4-5H,2-3H2,1H3,(H,16,17)(H,11,14,15). The number of amides is 2. The number of carbonyl (C=O) groups excluding carboxylic acids is 2. The highest BCUT2D eigenvalue weighted by Crippen LogP contribution is 2.24. The average Bonchev–Trinajstić information content (AvgIpc) is 2.61. The molecule has 1 aromatic rings. The van der Waals surface area contributed by atoms with Crippen molar-refractivity contribution in [3.8, 4) is 0 Å². The molecule has 7 nitrogen and oxygen atoms in total. The van der Waals surface area contributed by atoms with E-state index >= 15 is 0 Å². The Kier molecular flexibility index (Phi) is 2.66. The van der Waals surface area contributed by atoms with Crippen molar-refractivity contribution >= 4 is 17.8 Å². The molecule has 2 N–H and O–H groups in total. The van der Waals surface area contributed by atoms with Crippen LogP contribution in [0.3, 0.4) is 0 Å². The van der Waals surface area contributed by atoms with Crippen molar-refractivity contribution in [3.05, 3.63) is 17.5 Å². The fourth-order valence-electron chi connectivity index (χ4n) is 1.89. The lowest BCUT2D eigenvalue weighted by atomic mass is 9.94. The van der Waals surface area contributed by atoms with Gasteiger partial charge in [-0.3, -0.25) is 19.6 Å². The van der Waals surface area contributed by atoms with Crippen molar-refractivity contribution in [2.45, 2.75) is 18.8 Å². The molecule has 0 aliphatic carbocycles. The molecule has 1 aromatic heterocycles. The quantitative estimate of drug-likeness (QED) is 0.684. The van der Waals surface area contributed by atoms with E-state index < -0.39 is 17.8 Å². The maximum Gasteiger partial charge on any atom is 0.356 e. The molecule has 1 atom stereocenters. The highest BCUT2D eigenvalue weighted by molar-refractivity contribution is 6.01. The van der Waals surface area contributed by atoms with Gasteiger partial charge in [-0.15, -0.1) is 0 Å². The molecule has 0 saturated carbocycles. The van der Waals surface area contributed by atoms with Crippen molar-refractivity contribution in [1.29, 1.82) is 0 Å². The number of carboxylic acid groups (broad SMARTS) is 1. The predicted octanol–water partition coefficient (Wildman–Crippen LogP) is -0.362. The maximum absolute atomic E-state index is 11.6. The monoisotopic (exact) mass is 237 g/mol. The normalized spacial score (nSPS) is 20.2. The van der Waals surface area contributed by atoms with E-state index in [4.69, 9.17) is 5.11 Å². The Morgan fingerprint density at radius 1 is 1.59 bits per heavy atom. The molecular weight excluding hydrogens is 226 g/mol. The number of aromatic nitrogens is 2. The number of nitrogens with zero attached hydrogens (tertiary/aromatic N) is 2. The predicted molar refractivity (Wildman–Crippen MR) is 55.3 cm³/mol. The van der Waals surface area contributed by atoms with Gasteiger partial charge >= 0.3 is 5.97 Å². The van der Waals surface area contributed by atoms with E-state index in [2.05, 4.69) is 10.4 Å². The van der Waals surface area contributed by atoms with E-state index in [1.807, 2.05) is 0 Å². The van der Waals surface area contributed by atoms with Crippen LogP contribution in [0.15, 0.2) is 6.07 Å². The second-order valence-electron chi connectivity index (χ2n) is 3.89. The Hall–Kier alpha value is -2.18. The lowest BCUT2D eigenvalue weighted by Crippen LogP contribution is -2.40. The molecule has 90 valence electrons. The van der Waals surface area contributed by atoms with Crippen LogP contribution in [0.5, 0.6) is 0 Å². The van der Waals surface area contributed by atoms with E-state index in [9.17, 15) is 14.4 Å². The minimum atomic E-state index is -1.14. The number of nitrogens with one attached hydrogen (secondary N) is 1. The van der Waals surface area contributed by atoms with Crippen LogP contribution in [-0.4, -0.2) is 32.7 Å². The number of imide groups is 1.